The van der Waals surface area contributed by atoms with E-state index in [1.165, 1.54) is 17.4 Å². The number of hydrogen-bond donors (Lipinski definition) is 1. The number of aromatic nitrogens is 1. The van der Waals surface area contributed by atoms with Gasteiger partial charge in [-0.05, 0) is 24.4 Å². The fourth-order valence-corrected chi connectivity index (χ4v) is 3.47. The Morgan fingerprint density at radius 2 is 2.28 bits per heavy atom. The Bertz CT molecular complexity index is 525. The molecule has 18 heavy (non-hydrogen) atoms. The van der Waals surface area contributed by atoms with Crippen LogP contribution < -0.4 is 5.73 Å². The summed E-state index contributed by atoms with van der Waals surface area (Å²) in [5.74, 6) is 0.708. The number of benzene rings is 1. The lowest BCUT2D eigenvalue weighted by atomic mass is 10.2. The smallest absolute Gasteiger partial charge is 0.134 e. The van der Waals surface area contributed by atoms with Crippen molar-refractivity contribution >= 4 is 23.1 Å². The normalized spacial score (nSPS) is 10.8. The zero-order valence-corrected chi connectivity index (χ0v) is 11.8. The average Bonchev–Trinajstić information content (AvgIpc) is 2.78. The van der Waals surface area contributed by atoms with Gasteiger partial charge in [0.25, 0.3) is 0 Å². The summed E-state index contributed by atoms with van der Waals surface area (Å²) < 4.78 is 14.0. The molecule has 2 rings (SSSR count). The fraction of sp³-hybridized carbons (Fsp3) is 0.308. The van der Waals surface area contributed by atoms with Gasteiger partial charge in [0, 0.05) is 16.7 Å². The summed E-state index contributed by atoms with van der Waals surface area (Å²) in [6.45, 7) is 2.62. The Kier molecular flexibility index (Phi) is 4.74. The van der Waals surface area contributed by atoms with Crippen LogP contribution in [0.5, 0.6) is 0 Å². The van der Waals surface area contributed by atoms with Crippen LogP contribution in [0.3, 0.4) is 0 Å². The Morgan fingerprint density at radius 1 is 1.44 bits per heavy atom. The molecular formula is C13H15FN2S2. The average molecular weight is 282 g/mol. The van der Waals surface area contributed by atoms with Gasteiger partial charge in [0.15, 0.2) is 0 Å². The molecule has 2 N–H and O–H groups in total. The number of nitrogens with two attached hydrogens (primary N) is 1. The van der Waals surface area contributed by atoms with Crippen LogP contribution in [0.15, 0.2) is 28.5 Å². The molecule has 0 atom stereocenters. The van der Waals surface area contributed by atoms with E-state index in [1.807, 2.05) is 11.4 Å². The van der Waals surface area contributed by atoms with Gasteiger partial charge in [0.1, 0.15) is 10.8 Å². The van der Waals surface area contributed by atoms with Crippen molar-refractivity contribution in [1.29, 1.82) is 0 Å². The maximum Gasteiger partial charge on any atom is 0.134 e. The van der Waals surface area contributed by atoms with Crippen LogP contribution in [0.1, 0.15) is 12.6 Å². The lowest BCUT2D eigenvalue weighted by Gasteiger charge is -2.06. The Morgan fingerprint density at radius 3 is 3.00 bits per heavy atom. The number of nitrogens with zero attached hydrogens (tertiary/aromatic N) is 1. The third-order valence-corrected chi connectivity index (χ3v) is 4.29. The molecule has 0 bridgehead atoms. The maximum absolute atomic E-state index is 14.0. The standard InChI is InChI=1S/C13H15FN2S2/c1-2-17-11-5-3-4-10(14)12(11)13-16-9(6-7-15)8-18-13/h3-5,8H,2,6-7,15H2,1H3. The predicted octanol–water partition coefficient (Wildman–Crippen LogP) is 3.56. The minimum Gasteiger partial charge on any atom is -0.330 e. The van der Waals surface area contributed by atoms with E-state index in [-0.39, 0.29) is 5.82 Å². The van der Waals surface area contributed by atoms with Gasteiger partial charge in [-0.3, -0.25) is 0 Å². The summed E-state index contributed by atoms with van der Waals surface area (Å²) in [4.78, 5) is 5.41. The second-order valence-corrected chi connectivity index (χ2v) is 5.89. The summed E-state index contributed by atoms with van der Waals surface area (Å²) in [6, 6.07) is 5.17. The number of halogens is 1. The lowest BCUT2D eigenvalue weighted by molar-refractivity contribution is 0.628. The molecule has 0 aliphatic rings. The molecule has 5 heteroatoms. The van der Waals surface area contributed by atoms with Crippen molar-refractivity contribution in [1.82, 2.24) is 4.98 Å². The van der Waals surface area contributed by atoms with E-state index in [4.69, 9.17) is 5.73 Å². The monoisotopic (exact) mass is 282 g/mol. The second-order valence-electron chi connectivity index (χ2n) is 3.73. The number of thiazole rings is 1. The molecule has 1 heterocycles. The minimum absolute atomic E-state index is 0.206. The van der Waals surface area contributed by atoms with Crippen LogP contribution in [-0.2, 0) is 6.42 Å². The van der Waals surface area contributed by atoms with Crippen molar-refractivity contribution in [2.75, 3.05) is 12.3 Å². The van der Waals surface area contributed by atoms with Crippen molar-refractivity contribution in [2.45, 2.75) is 18.2 Å². The quantitative estimate of drug-likeness (QED) is 0.852. The summed E-state index contributed by atoms with van der Waals surface area (Å²) >= 11 is 3.11. The SMILES string of the molecule is CCSc1cccc(F)c1-c1nc(CCN)cs1. The van der Waals surface area contributed by atoms with Crippen LogP contribution in [-0.4, -0.2) is 17.3 Å². The first-order valence-electron chi connectivity index (χ1n) is 5.82. The van der Waals surface area contributed by atoms with Crippen molar-refractivity contribution in [3.63, 3.8) is 0 Å². The second kappa shape index (κ2) is 6.31. The predicted molar refractivity (Wildman–Crippen MR) is 76.7 cm³/mol. The third-order valence-electron chi connectivity index (χ3n) is 2.44. The van der Waals surface area contributed by atoms with E-state index in [0.29, 0.717) is 12.1 Å². The van der Waals surface area contributed by atoms with Crippen LogP contribution in [0, 0.1) is 5.82 Å². The highest BCUT2D eigenvalue weighted by atomic mass is 32.2. The van der Waals surface area contributed by atoms with Crippen LogP contribution >= 0.6 is 23.1 Å². The molecule has 0 aliphatic heterocycles. The van der Waals surface area contributed by atoms with Crippen LogP contribution in [0.4, 0.5) is 4.39 Å². The van der Waals surface area contributed by atoms with Crippen LogP contribution in [0.25, 0.3) is 10.6 Å². The molecule has 2 aromatic rings. The van der Waals surface area contributed by atoms with Crippen molar-refractivity contribution in [3.05, 3.63) is 35.1 Å². The molecular weight excluding hydrogens is 267 g/mol. The molecule has 0 unspecified atom stereocenters. The fourth-order valence-electron chi connectivity index (χ4n) is 1.67. The molecule has 96 valence electrons. The molecule has 0 saturated carbocycles. The number of thioether (sulfide) groups is 1. The van der Waals surface area contributed by atoms with E-state index >= 15 is 0 Å². The zero-order valence-electron chi connectivity index (χ0n) is 10.1. The Labute approximate surface area is 114 Å². The molecule has 0 aliphatic carbocycles. The van der Waals surface area contributed by atoms with Gasteiger partial charge in [0.05, 0.1) is 11.3 Å². The van der Waals surface area contributed by atoms with Gasteiger partial charge in [-0.2, -0.15) is 0 Å². The Balaban J connectivity index is 2.41. The van der Waals surface area contributed by atoms with E-state index in [1.54, 1.807) is 17.8 Å². The summed E-state index contributed by atoms with van der Waals surface area (Å²) in [7, 11) is 0. The lowest BCUT2D eigenvalue weighted by Crippen LogP contribution is -2.02. The first-order chi connectivity index (χ1) is 8.76. The van der Waals surface area contributed by atoms with Crippen molar-refractivity contribution in [2.24, 2.45) is 5.73 Å². The molecule has 0 spiro atoms. The van der Waals surface area contributed by atoms with Gasteiger partial charge in [0.2, 0.25) is 0 Å². The van der Waals surface area contributed by atoms with E-state index < -0.39 is 0 Å². The minimum atomic E-state index is -0.206. The van der Waals surface area contributed by atoms with E-state index in [0.717, 1.165) is 27.8 Å². The van der Waals surface area contributed by atoms with E-state index in [2.05, 4.69) is 11.9 Å². The van der Waals surface area contributed by atoms with Crippen molar-refractivity contribution < 1.29 is 4.39 Å². The first-order valence-corrected chi connectivity index (χ1v) is 7.69. The van der Waals surface area contributed by atoms with Gasteiger partial charge >= 0.3 is 0 Å². The molecule has 0 fully saturated rings. The van der Waals surface area contributed by atoms with Gasteiger partial charge in [-0.15, -0.1) is 23.1 Å². The molecule has 1 aromatic heterocycles. The zero-order chi connectivity index (χ0) is 13.0. The first kappa shape index (κ1) is 13.5. The topological polar surface area (TPSA) is 38.9 Å². The number of hydrogen-bond acceptors (Lipinski definition) is 4. The molecule has 0 radical (unpaired) electrons. The molecule has 2 nitrogen and oxygen atoms in total. The van der Waals surface area contributed by atoms with Gasteiger partial charge in [-0.1, -0.05) is 13.0 Å². The summed E-state index contributed by atoms with van der Waals surface area (Å²) in [5.41, 5.74) is 7.06. The van der Waals surface area contributed by atoms with Crippen molar-refractivity contribution in [3.8, 4) is 10.6 Å². The molecule has 0 saturated heterocycles. The third kappa shape index (κ3) is 2.91. The number of rotatable bonds is 5. The maximum atomic E-state index is 14.0. The van der Waals surface area contributed by atoms with E-state index in [9.17, 15) is 4.39 Å². The highest BCUT2D eigenvalue weighted by Gasteiger charge is 2.14. The molecule has 0 amide bonds. The van der Waals surface area contributed by atoms with Gasteiger partial charge < -0.3 is 5.73 Å². The molecule has 1 aromatic carbocycles. The van der Waals surface area contributed by atoms with Crippen LogP contribution in [0.2, 0.25) is 0 Å². The van der Waals surface area contributed by atoms with Gasteiger partial charge in [-0.25, -0.2) is 9.37 Å². The highest BCUT2D eigenvalue weighted by Crippen LogP contribution is 2.35. The summed E-state index contributed by atoms with van der Waals surface area (Å²) in [5, 5.41) is 2.70. The Hall–Kier alpha value is -0.910. The largest absolute Gasteiger partial charge is 0.330 e. The summed E-state index contributed by atoms with van der Waals surface area (Å²) in [6.07, 6.45) is 0.737. The highest BCUT2D eigenvalue weighted by molar-refractivity contribution is 7.99.